The summed E-state index contributed by atoms with van der Waals surface area (Å²) in [4.78, 5) is 16.0. The minimum atomic E-state index is -0.383. The van der Waals surface area contributed by atoms with Crippen molar-refractivity contribution >= 4 is 28.6 Å². The second-order valence-electron chi connectivity index (χ2n) is 3.86. The molecule has 100 valence electrons. The number of ether oxygens (including phenoxy) is 1. The van der Waals surface area contributed by atoms with Crippen LogP contribution >= 0.6 is 11.8 Å². The van der Waals surface area contributed by atoms with Gasteiger partial charge in [-0.05, 0) is 38.3 Å². The molecule has 0 saturated carbocycles. The van der Waals surface area contributed by atoms with E-state index in [1.165, 1.54) is 11.8 Å². The van der Waals surface area contributed by atoms with E-state index >= 15 is 0 Å². The molecule has 0 aromatic heterocycles. The summed E-state index contributed by atoms with van der Waals surface area (Å²) in [5.74, 6) is -0.383. The van der Waals surface area contributed by atoms with E-state index in [1.54, 1.807) is 44.4 Å². The Morgan fingerprint density at radius 3 is 2.84 bits per heavy atom. The molecule has 1 aromatic rings. The molecule has 5 nitrogen and oxygen atoms in total. The molecule has 1 aromatic carbocycles. The molecular weight excluding hydrogens is 262 g/mol. The smallest absolute Gasteiger partial charge is 0.338 e. The van der Waals surface area contributed by atoms with Gasteiger partial charge in [-0.3, -0.25) is 5.32 Å². The number of hydrogen-bond donors (Lipinski definition) is 1. The standard InChI is InChI=1S/C13H15N3O2S/c1-9(2)18-12(17)10-5-4-6-11(7-10)16-13(19-3)15-8-14/h4-7,9H,1-3H3,(H,15,16). The molecule has 0 amide bonds. The summed E-state index contributed by atoms with van der Waals surface area (Å²) in [6.45, 7) is 3.59. The van der Waals surface area contributed by atoms with Crippen LogP contribution in [-0.4, -0.2) is 23.5 Å². The molecule has 1 N–H and O–H groups in total. The molecule has 0 radical (unpaired) electrons. The van der Waals surface area contributed by atoms with Crippen molar-refractivity contribution in [2.24, 2.45) is 4.99 Å². The van der Waals surface area contributed by atoms with Gasteiger partial charge in [-0.2, -0.15) is 5.26 Å². The van der Waals surface area contributed by atoms with Crippen LogP contribution in [0.5, 0.6) is 0 Å². The van der Waals surface area contributed by atoms with E-state index in [1.807, 2.05) is 6.19 Å². The Morgan fingerprint density at radius 1 is 1.53 bits per heavy atom. The van der Waals surface area contributed by atoms with Crippen molar-refractivity contribution in [2.75, 3.05) is 6.26 Å². The van der Waals surface area contributed by atoms with Crippen molar-refractivity contribution < 1.29 is 9.53 Å². The molecule has 0 spiro atoms. The van der Waals surface area contributed by atoms with E-state index < -0.39 is 0 Å². The summed E-state index contributed by atoms with van der Waals surface area (Å²) in [6, 6.07) is 6.77. The third-order valence-electron chi connectivity index (χ3n) is 2.01. The molecule has 0 heterocycles. The first kappa shape index (κ1) is 15.1. The molecule has 19 heavy (non-hydrogen) atoms. The summed E-state index contributed by atoms with van der Waals surface area (Å²) >= 11 is 1.31. The Bertz CT molecular complexity index is 521. The van der Waals surface area contributed by atoms with Crippen LogP contribution < -0.4 is 5.32 Å². The van der Waals surface area contributed by atoms with Crippen molar-refractivity contribution in [1.82, 2.24) is 5.32 Å². The maximum Gasteiger partial charge on any atom is 0.338 e. The minimum Gasteiger partial charge on any atom is -0.459 e. The second kappa shape index (κ2) is 7.44. The molecule has 0 aliphatic rings. The number of aliphatic imine (C=N–C) groups is 1. The summed E-state index contributed by atoms with van der Waals surface area (Å²) in [7, 11) is 0. The number of rotatable bonds is 3. The molecular formula is C13H15N3O2S. The van der Waals surface area contributed by atoms with Gasteiger partial charge in [-0.1, -0.05) is 17.8 Å². The molecule has 0 aliphatic carbocycles. The molecule has 0 bridgehead atoms. The highest BCUT2D eigenvalue weighted by Crippen LogP contribution is 2.17. The first-order valence-electron chi connectivity index (χ1n) is 5.65. The van der Waals surface area contributed by atoms with Crippen molar-refractivity contribution in [3.63, 3.8) is 0 Å². The lowest BCUT2D eigenvalue weighted by Gasteiger charge is -2.08. The van der Waals surface area contributed by atoms with Gasteiger partial charge in [0.2, 0.25) is 0 Å². The number of nitriles is 1. The van der Waals surface area contributed by atoms with Gasteiger partial charge < -0.3 is 4.74 Å². The van der Waals surface area contributed by atoms with Crippen molar-refractivity contribution in [1.29, 1.82) is 5.26 Å². The van der Waals surface area contributed by atoms with Gasteiger partial charge in [0.1, 0.15) is 0 Å². The number of nitrogens with one attached hydrogen (secondary N) is 1. The third-order valence-corrected chi connectivity index (χ3v) is 2.59. The number of amidine groups is 1. The largest absolute Gasteiger partial charge is 0.459 e. The van der Waals surface area contributed by atoms with Crippen LogP contribution in [0.15, 0.2) is 29.3 Å². The fourth-order valence-electron chi connectivity index (χ4n) is 1.27. The van der Waals surface area contributed by atoms with Gasteiger partial charge in [-0.15, -0.1) is 0 Å². The van der Waals surface area contributed by atoms with Gasteiger partial charge in [0.05, 0.1) is 17.4 Å². The Labute approximate surface area is 116 Å². The van der Waals surface area contributed by atoms with E-state index in [4.69, 9.17) is 10.00 Å². The summed E-state index contributed by atoms with van der Waals surface area (Å²) in [5.41, 5.74) is 1.03. The zero-order valence-electron chi connectivity index (χ0n) is 11.0. The van der Waals surface area contributed by atoms with Gasteiger partial charge >= 0.3 is 5.97 Å². The number of carbonyl (C=O) groups is 1. The lowest BCUT2D eigenvalue weighted by atomic mass is 10.2. The van der Waals surface area contributed by atoms with Crippen LogP contribution in [0.3, 0.4) is 0 Å². The molecule has 0 fully saturated rings. The zero-order valence-corrected chi connectivity index (χ0v) is 11.8. The van der Waals surface area contributed by atoms with Crippen LogP contribution in [0, 0.1) is 11.5 Å². The first-order valence-corrected chi connectivity index (χ1v) is 6.88. The van der Waals surface area contributed by atoms with Crippen LogP contribution in [0.2, 0.25) is 0 Å². The number of carbonyl (C=O) groups excluding carboxylic acids is 1. The van der Waals surface area contributed by atoms with Gasteiger partial charge in [0, 0.05) is 0 Å². The SMILES string of the molecule is CSC(=Nc1cccc(C(=O)OC(C)C)c1)NC#N. The Balaban J connectivity index is 2.94. The molecule has 6 heteroatoms. The summed E-state index contributed by atoms with van der Waals surface area (Å²) in [6.07, 6.45) is 3.45. The number of esters is 1. The van der Waals surface area contributed by atoms with E-state index in [-0.39, 0.29) is 12.1 Å². The van der Waals surface area contributed by atoms with Crippen LogP contribution in [0.1, 0.15) is 24.2 Å². The lowest BCUT2D eigenvalue weighted by molar-refractivity contribution is 0.0378. The quantitative estimate of drug-likeness (QED) is 0.302. The number of benzene rings is 1. The minimum absolute atomic E-state index is 0.165. The summed E-state index contributed by atoms with van der Waals surface area (Å²) in [5, 5.41) is 11.5. The van der Waals surface area contributed by atoms with E-state index in [9.17, 15) is 4.79 Å². The first-order chi connectivity index (χ1) is 9.06. The predicted octanol–water partition coefficient (Wildman–Crippen LogP) is 2.67. The number of thioether (sulfide) groups is 1. The Morgan fingerprint density at radius 2 is 2.26 bits per heavy atom. The van der Waals surface area contributed by atoms with Crippen LogP contribution in [0.4, 0.5) is 5.69 Å². The average molecular weight is 277 g/mol. The third kappa shape index (κ3) is 5.02. The maximum absolute atomic E-state index is 11.7. The lowest BCUT2D eigenvalue weighted by Crippen LogP contribution is -2.13. The summed E-state index contributed by atoms with van der Waals surface area (Å²) < 4.78 is 5.11. The van der Waals surface area contributed by atoms with Crippen LogP contribution in [0.25, 0.3) is 0 Å². The molecule has 0 atom stereocenters. The average Bonchev–Trinajstić information content (AvgIpc) is 2.37. The monoisotopic (exact) mass is 277 g/mol. The topological polar surface area (TPSA) is 74.5 Å². The fraction of sp³-hybridized carbons (Fsp3) is 0.308. The van der Waals surface area contributed by atoms with Crippen LogP contribution in [-0.2, 0) is 4.74 Å². The predicted molar refractivity (Wildman–Crippen MR) is 76.4 cm³/mol. The molecule has 0 saturated heterocycles. The van der Waals surface area contributed by atoms with Crippen molar-refractivity contribution in [3.8, 4) is 6.19 Å². The van der Waals surface area contributed by atoms with Gasteiger partial charge in [0.25, 0.3) is 0 Å². The zero-order chi connectivity index (χ0) is 14.3. The van der Waals surface area contributed by atoms with E-state index in [2.05, 4.69) is 10.3 Å². The van der Waals surface area contributed by atoms with Gasteiger partial charge in [0.15, 0.2) is 11.4 Å². The van der Waals surface area contributed by atoms with Crippen molar-refractivity contribution in [2.45, 2.75) is 20.0 Å². The normalized spacial score (nSPS) is 11.0. The van der Waals surface area contributed by atoms with E-state index in [0.717, 1.165) is 0 Å². The molecule has 0 unspecified atom stereocenters. The fourth-order valence-corrected chi connectivity index (χ4v) is 1.62. The molecule has 1 rings (SSSR count). The Hall–Kier alpha value is -2.00. The highest BCUT2D eigenvalue weighted by Gasteiger charge is 2.09. The second-order valence-corrected chi connectivity index (χ2v) is 4.66. The highest BCUT2D eigenvalue weighted by molar-refractivity contribution is 8.13. The van der Waals surface area contributed by atoms with E-state index in [0.29, 0.717) is 16.4 Å². The molecule has 0 aliphatic heterocycles. The number of hydrogen-bond acceptors (Lipinski definition) is 5. The Kier molecular flexibility index (Phi) is 5.90. The van der Waals surface area contributed by atoms with Gasteiger partial charge in [-0.25, -0.2) is 9.79 Å². The maximum atomic E-state index is 11.7. The highest BCUT2D eigenvalue weighted by atomic mass is 32.2. The number of nitrogens with zero attached hydrogens (tertiary/aromatic N) is 2. The van der Waals surface area contributed by atoms with Crippen molar-refractivity contribution in [3.05, 3.63) is 29.8 Å².